The van der Waals surface area contributed by atoms with E-state index in [2.05, 4.69) is 39.5 Å². The third-order valence-electron chi connectivity index (χ3n) is 5.17. The van der Waals surface area contributed by atoms with E-state index in [1.165, 1.54) is 11.3 Å². The molecule has 0 aliphatic carbocycles. The Bertz CT molecular complexity index is 977. The molecule has 0 bridgehead atoms. The number of aryl methyl sites for hydroxylation is 1. The van der Waals surface area contributed by atoms with Gasteiger partial charge >= 0.3 is 0 Å². The molecule has 1 aliphatic heterocycles. The molecule has 29 heavy (non-hydrogen) atoms. The molecule has 150 valence electrons. The van der Waals surface area contributed by atoms with E-state index >= 15 is 0 Å². The molecule has 3 aromatic rings. The van der Waals surface area contributed by atoms with Gasteiger partial charge in [0.25, 0.3) is 0 Å². The molecule has 0 fully saturated rings. The molecule has 0 saturated heterocycles. The standard InChI is InChI=1S/C23H26N4O2/c1-28-20-10-9-17(16-21(20)29-2)11-13-24-23-25-14-12-22(26-23)27-15-5-7-18-6-3-4-8-19(18)27/h3-4,6,8-10,12,14,16H,5,7,11,13,15H2,1-2H3,(H,24,25,26). The summed E-state index contributed by atoms with van der Waals surface area (Å²) in [5.74, 6) is 3.06. The van der Waals surface area contributed by atoms with Gasteiger partial charge in [0.15, 0.2) is 11.5 Å². The number of methoxy groups -OCH3 is 2. The Kier molecular flexibility index (Phi) is 5.79. The van der Waals surface area contributed by atoms with Crippen molar-refractivity contribution >= 4 is 17.5 Å². The molecule has 0 spiro atoms. The van der Waals surface area contributed by atoms with E-state index in [0.717, 1.165) is 55.2 Å². The lowest BCUT2D eigenvalue weighted by Gasteiger charge is -2.30. The largest absolute Gasteiger partial charge is 0.493 e. The summed E-state index contributed by atoms with van der Waals surface area (Å²) in [7, 11) is 3.29. The van der Waals surface area contributed by atoms with E-state index in [0.29, 0.717) is 5.95 Å². The van der Waals surface area contributed by atoms with E-state index in [1.807, 2.05) is 30.5 Å². The maximum atomic E-state index is 5.38. The fraction of sp³-hybridized carbons (Fsp3) is 0.304. The average Bonchev–Trinajstić information content (AvgIpc) is 2.78. The van der Waals surface area contributed by atoms with E-state index < -0.39 is 0 Å². The molecule has 0 saturated carbocycles. The van der Waals surface area contributed by atoms with Gasteiger partial charge < -0.3 is 19.7 Å². The fourth-order valence-electron chi connectivity index (χ4n) is 3.71. The van der Waals surface area contributed by atoms with Crippen molar-refractivity contribution in [2.24, 2.45) is 0 Å². The first-order valence-corrected chi connectivity index (χ1v) is 9.92. The highest BCUT2D eigenvalue weighted by Crippen LogP contribution is 2.32. The molecular formula is C23H26N4O2. The molecule has 4 rings (SSSR count). The van der Waals surface area contributed by atoms with Gasteiger partial charge in [0.1, 0.15) is 5.82 Å². The molecule has 1 aromatic heterocycles. The van der Waals surface area contributed by atoms with Gasteiger partial charge in [-0.2, -0.15) is 4.98 Å². The molecule has 2 heterocycles. The van der Waals surface area contributed by atoms with Gasteiger partial charge in [-0.3, -0.25) is 0 Å². The Labute approximate surface area is 171 Å². The second-order valence-corrected chi connectivity index (χ2v) is 6.99. The van der Waals surface area contributed by atoms with Crippen LogP contribution in [-0.4, -0.2) is 37.3 Å². The van der Waals surface area contributed by atoms with Crippen LogP contribution in [0.5, 0.6) is 11.5 Å². The van der Waals surface area contributed by atoms with Crippen molar-refractivity contribution in [2.45, 2.75) is 19.3 Å². The smallest absolute Gasteiger partial charge is 0.224 e. The topological polar surface area (TPSA) is 59.5 Å². The van der Waals surface area contributed by atoms with Crippen molar-refractivity contribution in [1.29, 1.82) is 0 Å². The van der Waals surface area contributed by atoms with E-state index in [4.69, 9.17) is 14.5 Å². The maximum Gasteiger partial charge on any atom is 0.224 e. The second kappa shape index (κ2) is 8.82. The Hall–Kier alpha value is -3.28. The number of hydrogen-bond donors (Lipinski definition) is 1. The Morgan fingerprint density at radius 2 is 1.90 bits per heavy atom. The fourth-order valence-corrected chi connectivity index (χ4v) is 3.71. The molecule has 2 aromatic carbocycles. The van der Waals surface area contributed by atoms with Crippen molar-refractivity contribution < 1.29 is 9.47 Å². The van der Waals surface area contributed by atoms with E-state index in [9.17, 15) is 0 Å². The Morgan fingerprint density at radius 3 is 2.76 bits per heavy atom. The lowest BCUT2D eigenvalue weighted by molar-refractivity contribution is 0.354. The molecule has 6 heteroatoms. The summed E-state index contributed by atoms with van der Waals surface area (Å²) < 4.78 is 10.7. The third kappa shape index (κ3) is 4.26. The number of hydrogen-bond acceptors (Lipinski definition) is 6. The van der Waals surface area contributed by atoms with Gasteiger partial charge in [0, 0.05) is 25.0 Å². The van der Waals surface area contributed by atoms with Crippen molar-refractivity contribution in [3.05, 3.63) is 65.9 Å². The van der Waals surface area contributed by atoms with E-state index in [1.54, 1.807) is 14.2 Å². The number of fused-ring (bicyclic) bond motifs is 1. The van der Waals surface area contributed by atoms with Gasteiger partial charge in [0.05, 0.1) is 14.2 Å². The minimum Gasteiger partial charge on any atom is -0.493 e. The molecule has 0 amide bonds. The minimum atomic E-state index is 0.644. The monoisotopic (exact) mass is 390 g/mol. The summed E-state index contributed by atoms with van der Waals surface area (Å²) in [5.41, 5.74) is 3.78. The first-order chi connectivity index (χ1) is 14.3. The summed E-state index contributed by atoms with van der Waals surface area (Å²) in [6.45, 7) is 1.70. The SMILES string of the molecule is COc1ccc(CCNc2nccc(N3CCCc4ccccc43)n2)cc1OC. The predicted molar refractivity (Wildman–Crippen MR) is 116 cm³/mol. The van der Waals surface area contributed by atoms with Crippen LogP contribution in [0.25, 0.3) is 0 Å². The van der Waals surface area contributed by atoms with Crippen molar-refractivity contribution in [3.8, 4) is 11.5 Å². The van der Waals surface area contributed by atoms with Gasteiger partial charge in [-0.1, -0.05) is 24.3 Å². The number of aromatic nitrogens is 2. The van der Waals surface area contributed by atoms with Crippen LogP contribution in [0.4, 0.5) is 17.5 Å². The number of ether oxygens (including phenoxy) is 2. The first-order valence-electron chi connectivity index (χ1n) is 9.92. The van der Waals surface area contributed by atoms with Crippen LogP contribution in [0.1, 0.15) is 17.5 Å². The number of para-hydroxylation sites is 1. The molecule has 6 nitrogen and oxygen atoms in total. The summed E-state index contributed by atoms with van der Waals surface area (Å²) in [5, 5.41) is 3.34. The van der Waals surface area contributed by atoms with Crippen LogP contribution in [-0.2, 0) is 12.8 Å². The predicted octanol–water partition coefficient (Wildman–Crippen LogP) is 4.23. The first kappa shape index (κ1) is 19.1. The number of anilines is 3. The molecule has 1 N–H and O–H groups in total. The summed E-state index contributed by atoms with van der Waals surface area (Å²) >= 11 is 0. The van der Waals surface area contributed by atoms with Crippen LogP contribution in [0.3, 0.4) is 0 Å². The highest BCUT2D eigenvalue weighted by molar-refractivity contribution is 5.65. The van der Waals surface area contributed by atoms with Gasteiger partial charge in [-0.05, 0) is 54.7 Å². The van der Waals surface area contributed by atoms with Gasteiger partial charge in [-0.15, -0.1) is 0 Å². The molecule has 1 aliphatic rings. The van der Waals surface area contributed by atoms with Crippen LogP contribution >= 0.6 is 0 Å². The maximum absolute atomic E-state index is 5.38. The summed E-state index contributed by atoms with van der Waals surface area (Å²) in [6.07, 6.45) is 4.90. The van der Waals surface area contributed by atoms with Gasteiger partial charge in [-0.25, -0.2) is 4.98 Å². The lowest BCUT2D eigenvalue weighted by atomic mass is 10.0. The van der Waals surface area contributed by atoms with Crippen LogP contribution in [0, 0.1) is 0 Å². The molecule has 0 radical (unpaired) electrons. The van der Waals surface area contributed by atoms with Crippen molar-refractivity contribution in [3.63, 3.8) is 0 Å². The second-order valence-electron chi connectivity index (χ2n) is 6.99. The highest BCUT2D eigenvalue weighted by Gasteiger charge is 2.19. The number of benzene rings is 2. The zero-order chi connectivity index (χ0) is 20.1. The Balaban J connectivity index is 1.43. The highest BCUT2D eigenvalue weighted by atomic mass is 16.5. The summed E-state index contributed by atoms with van der Waals surface area (Å²) in [4.78, 5) is 11.4. The number of nitrogens with zero attached hydrogens (tertiary/aromatic N) is 3. The van der Waals surface area contributed by atoms with Crippen molar-refractivity contribution in [1.82, 2.24) is 9.97 Å². The van der Waals surface area contributed by atoms with Gasteiger partial charge in [0.2, 0.25) is 5.95 Å². The third-order valence-corrected chi connectivity index (χ3v) is 5.17. The number of rotatable bonds is 7. The zero-order valence-corrected chi connectivity index (χ0v) is 16.9. The zero-order valence-electron chi connectivity index (χ0n) is 16.9. The number of nitrogens with one attached hydrogen (secondary N) is 1. The van der Waals surface area contributed by atoms with Crippen LogP contribution in [0.2, 0.25) is 0 Å². The van der Waals surface area contributed by atoms with Crippen LogP contribution in [0.15, 0.2) is 54.7 Å². The molecule has 0 unspecified atom stereocenters. The van der Waals surface area contributed by atoms with E-state index in [-0.39, 0.29) is 0 Å². The molecular weight excluding hydrogens is 364 g/mol. The Morgan fingerprint density at radius 1 is 1.03 bits per heavy atom. The van der Waals surface area contributed by atoms with Crippen LogP contribution < -0.4 is 19.7 Å². The summed E-state index contributed by atoms with van der Waals surface area (Å²) in [6, 6.07) is 16.5. The normalized spacial score (nSPS) is 13.0. The lowest BCUT2D eigenvalue weighted by Crippen LogP contribution is -2.25. The molecule has 0 atom stereocenters. The quantitative estimate of drug-likeness (QED) is 0.651. The minimum absolute atomic E-state index is 0.644. The average molecular weight is 390 g/mol. The van der Waals surface area contributed by atoms with Crippen molar-refractivity contribution in [2.75, 3.05) is 37.5 Å².